The zero-order valence-corrected chi connectivity index (χ0v) is 14.0. The van der Waals surface area contributed by atoms with Crippen LogP contribution in [0.4, 0.5) is 5.69 Å². The van der Waals surface area contributed by atoms with E-state index in [0.717, 1.165) is 5.56 Å². The summed E-state index contributed by atoms with van der Waals surface area (Å²) >= 11 is 0. The lowest BCUT2D eigenvalue weighted by Gasteiger charge is -2.14. The van der Waals surface area contributed by atoms with Crippen LogP contribution in [-0.4, -0.2) is 14.3 Å². The molecule has 0 unspecified atom stereocenters. The van der Waals surface area contributed by atoms with E-state index in [4.69, 9.17) is 5.73 Å². The summed E-state index contributed by atoms with van der Waals surface area (Å²) in [4.78, 5) is 11.6. The van der Waals surface area contributed by atoms with E-state index < -0.39 is 15.9 Å². The van der Waals surface area contributed by atoms with Gasteiger partial charge in [-0.1, -0.05) is 60.7 Å². The molecule has 3 rings (SSSR count). The van der Waals surface area contributed by atoms with Crippen LogP contribution >= 0.6 is 0 Å². The molecule has 0 saturated heterocycles. The van der Waals surface area contributed by atoms with E-state index in [1.165, 1.54) is 18.2 Å². The van der Waals surface area contributed by atoms with Crippen LogP contribution < -0.4 is 10.5 Å². The Balaban J connectivity index is 2.07. The molecule has 0 aliphatic carbocycles. The Morgan fingerprint density at radius 3 is 2.12 bits per heavy atom. The molecule has 0 aromatic heterocycles. The fraction of sp³-hybridized carbons (Fsp3) is 0. The molecule has 0 fully saturated rings. The van der Waals surface area contributed by atoms with E-state index in [2.05, 4.69) is 4.72 Å². The van der Waals surface area contributed by atoms with Crippen molar-refractivity contribution >= 4 is 21.6 Å². The maximum Gasteiger partial charge on any atom is 0.262 e. The maximum absolute atomic E-state index is 12.9. The van der Waals surface area contributed by atoms with Crippen molar-refractivity contribution in [3.05, 3.63) is 84.4 Å². The molecule has 0 aliphatic rings. The highest BCUT2D eigenvalue weighted by atomic mass is 32.2. The second-order valence-corrected chi connectivity index (χ2v) is 7.03. The molecule has 0 spiro atoms. The van der Waals surface area contributed by atoms with Crippen LogP contribution in [0.3, 0.4) is 0 Å². The number of benzene rings is 3. The highest BCUT2D eigenvalue weighted by Gasteiger charge is 2.21. The van der Waals surface area contributed by atoms with E-state index in [1.807, 2.05) is 30.3 Å². The largest absolute Gasteiger partial charge is 0.366 e. The molecule has 0 bridgehead atoms. The van der Waals surface area contributed by atoms with Gasteiger partial charge in [0.15, 0.2) is 0 Å². The molecule has 0 heterocycles. The molecule has 1 amide bonds. The van der Waals surface area contributed by atoms with Gasteiger partial charge in [-0.2, -0.15) is 0 Å². The molecular formula is C19H16N2O3S. The summed E-state index contributed by atoms with van der Waals surface area (Å²) in [6.45, 7) is 0. The second kappa shape index (κ2) is 6.78. The van der Waals surface area contributed by atoms with Crippen molar-refractivity contribution in [3.8, 4) is 11.1 Å². The Kier molecular flexibility index (Phi) is 4.54. The van der Waals surface area contributed by atoms with Crippen LogP contribution in [0.15, 0.2) is 83.8 Å². The molecule has 25 heavy (non-hydrogen) atoms. The number of para-hydroxylation sites is 1. The Hall–Kier alpha value is -3.12. The number of amides is 1. The lowest BCUT2D eigenvalue weighted by atomic mass is 10.1. The summed E-state index contributed by atoms with van der Waals surface area (Å²) in [5.41, 5.74) is 6.94. The monoisotopic (exact) mass is 352 g/mol. The van der Waals surface area contributed by atoms with Gasteiger partial charge in [0.1, 0.15) is 0 Å². The summed E-state index contributed by atoms with van der Waals surface area (Å²) in [5, 5.41) is 0. The topological polar surface area (TPSA) is 89.3 Å². The van der Waals surface area contributed by atoms with Gasteiger partial charge in [0, 0.05) is 5.56 Å². The van der Waals surface area contributed by atoms with Gasteiger partial charge in [0.05, 0.1) is 16.1 Å². The maximum atomic E-state index is 12.9. The molecule has 0 aliphatic heterocycles. The standard InChI is InChI=1S/C19H16N2O3S/c20-19(22)16-11-4-6-12-17(16)21-25(23,24)18-13-7-5-10-15(18)14-8-2-1-3-9-14/h1-13,21H,(H2,20,22). The van der Waals surface area contributed by atoms with Gasteiger partial charge in [-0.3, -0.25) is 9.52 Å². The van der Waals surface area contributed by atoms with Gasteiger partial charge in [0.2, 0.25) is 0 Å². The Bertz CT molecular complexity index is 1020. The fourth-order valence-corrected chi connectivity index (χ4v) is 3.85. The fourth-order valence-electron chi connectivity index (χ4n) is 2.54. The number of rotatable bonds is 5. The smallest absolute Gasteiger partial charge is 0.262 e. The number of nitrogens with one attached hydrogen (secondary N) is 1. The van der Waals surface area contributed by atoms with Crippen LogP contribution in [0.1, 0.15) is 10.4 Å². The van der Waals surface area contributed by atoms with Crippen molar-refractivity contribution < 1.29 is 13.2 Å². The van der Waals surface area contributed by atoms with Gasteiger partial charge in [-0.05, 0) is 23.8 Å². The molecule has 3 aromatic carbocycles. The first-order chi connectivity index (χ1) is 12.0. The summed E-state index contributed by atoms with van der Waals surface area (Å²) in [5.74, 6) is -0.699. The first-order valence-electron chi connectivity index (χ1n) is 7.55. The SMILES string of the molecule is NC(=O)c1ccccc1NS(=O)(=O)c1ccccc1-c1ccccc1. The van der Waals surface area contributed by atoms with Crippen LogP contribution in [-0.2, 0) is 10.0 Å². The highest BCUT2D eigenvalue weighted by Crippen LogP contribution is 2.29. The molecule has 0 radical (unpaired) electrons. The van der Waals surface area contributed by atoms with Crippen molar-refractivity contribution in [2.75, 3.05) is 4.72 Å². The Morgan fingerprint density at radius 2 is 1.40 bits per heavy atom. The third-order valence-corrected chi connectivity index (χ3v) is 5.12. The number of hydrogen-bond donors (Lipinski definition) is 2. The van der Waals surface area contributed by atoms with E-state index in [1.54, 1.807) is 30.3 Å². The van der Waals surface area contributed by atoms with Crippen LogP contribution in [0.2, 0.25) is 0 Å². The molecule has 3 aromatic rings. The highest BCUT2D eigenvalue weighted by molar-refractivity contribution is 7.92. The zero-order chi connectivity index (χ0) is 17.9. The van der Waals surface area contributed by atoms with E-state index in [0.29, 0.717) is 5.56 Å². The Labute approximate surface area is 146 Å². The summed E-state index contributed by atoms with van der Waals surface area (Å²) in [7, 11) is -3.91. The average Bonchev–Trinajstić information content (AvgIpc) is 2.62. The minimum absolute atomic E-state index is 0.114. The number of primary amides is 1. The minimum atomic E-state index is -3.91. The van der Waals surface area contributed by atoms with Gasteiger partial charge in [-0.25, -0.2) is 8.42 Å². The third-order valence-electron chi connectivity index (χ3n) is 3.70. The van der Waals surface area contributed by atoms with Crippen molar-refractivity contribution in [2.24, 2.45) is 5.73 Å². The third kappa shape index (κ3) is 3.54. The minimum Gasteiger partial charge on any atom is -0.366 e. The number of carbonyl (C=O) groups excluding carboxylic acids is 1. The quantitative estimate of drug-likeness (QED) is 0.738. The van der Waals surface area contributed by atoms with Crippen LogP contribution in [0, 0.1) is 0 Å². The van der Waals surface area contributed by atoms with Crippen molar-refractivity contribution in [1.29, 1.82) is 0 Å². The molecule has 3 N–H and O–H groups in total. The van der Waals surface area contributed by atoms with Crippen LogP contribution in [0.25, 0.3) is 11.1 Å². The normalized spacial score (nSPS) is 11.0. The Morgan fingerprint density at radius 1 is 0.800 bits per heavy atom. The number of carbonyl (C=O) groups is 1. The van der Waals surface area contributed by atoms with Crippen molar-refractivity contribution in [1.82, 2.24) is 0 Å². The molecular weight excluding hydrogens is 336 g/mol. The predicted octanol–water partition coefficient (Wildman–Crippen LogP) is 3.25. The van der Waals surface area contributed by atoms with Gasteiger partial charge >= 0.3 is 0 Å². The molecule has 6 heteroatoms. The first-order valence-corrected chi connectivity index (χ1v) is 9.03. The number of anilines is 1. The van der Waals surface area contributed by atoms with Gasteiger partial charge in [0.25, 0.3) is 15.9 Å². The first kappa shape index (κ1) is 16.7. The van der Waals surface area contributed by atoms with Crippen molar-refractivity contribution in [2.45, 2.75) is 4.90 Å². The summed E-state index contributed by atoms with van der Waals surface area (Å²) < 4.78 is 28.3. The molecule has 5 nitrogen and oxygen atoms in total. The van der Waals surface area contributed by atoms with E-state index in [-0.39, 0.29) is 16.1 Å². The van der Waals surface area contributed by atoms with Crippen LogP contribution in [0.5, 0.6) is 0 Å². The summed E-state index contributed by atoms with van der Waals surface area (Å²) in [6, 6.07) is 22.2. The second-order valence-electron chi connectivity index (χ2n) is 5.38. The number of sulfonamides is 1. The number of hydrogen-bond acceptors (Lipinski definition) is 3. The molecule has 126 valence electrons. The van der Waals surface area contributed by atoms with Gasteiger partial charge in [-0.15, -0.1) is 0 Å². The van der Waals surface area contributed by atoms with Gasteiger partial charge < -0.3 is 5.73 Å². The number of nitrogens with two attached hydrogens (primary N) is 1. The zero-order valence-electron chi connectivity index (χ0n) is 13.2. The molecule has 0 atom stereocenters. The van der Waals surface area contributed by atoms with E-state index in [9.17, 15) is 13.2 Å². The lowest BCUT2D eigenvalue weighted by Crippen LogP contribution is -2.19. The molecule has 0 saturated carbocycles. The summed E-state index contributed by atoms with van der Waals surface area (Å²) in [6.07, 6.45) is 0. The van der Waals surface area contributed by atoms with Crippen molar-refractivity contribution in [3.63, 3.8) is 0 Å². The van der Waals surface area contributed by atoms with E-state index >= 15 is 0 Å². The predicted molar refractivity (Wildman–Crippen MR) is 97.6 cm³/mol. The lowest BCUT2D eigenvalue weighted by molar-refractivity contribution is 0.100. The average molecular weight is 352 g/mol.